The first-order valence-corrected chi connectivity index (χ1v) is 5.99. The van der Waals surface area contributed by atoms with E-state index in [1.165, 1.54) is 12.2 Å². The van der Waals surface area contributed by atoms with Crippen LogP contribution in [0.3, 0.4) is 0 Å². The van der Waals surface area contributed by atoms with Crippen LogP contribution >= 0.6 is 0 Å². The molecule has 0 fully saturated rings. The molecule has 1 aromatic rings. The average Bonchev–Trinajstić information content (AvgIpc) is 2.41. The molecule has 0 radical (unpaired) electrons. The average molecular weight is 244 g/mol. The Morgan fingerprint density at radius 1 is 1.28 bits per heavy atom. The molecule has 0 heterocycles. The zero-order chi connectivity index (χ0) is 13.0. The van der Waals surface area contributed by atoms with Gasteiger partial charge in [0.05, 0.1) is 6.61 Å². The van der Waals surface area contributed by atoms with Crippen LogP contribution in [0.2, 0.25) is 0 Å². The van der Waals surface area contributed by atoms with E-state index in [2.05, 4.69) is 0 Å². The standard InChI is InChI=1S/C15H16O3/c1-2-18-14(16)15(17)10-8-13(9-11-15)12-6-4-3-5-7-12/h3-11,13,17H,2H2,1H3. The van der Waals surface area contributed by atoms with E-state index in [1.807, 2.05) is 42.5 Å². The minimum Gasteiger partial charge on any atom is -0.463 e. The summed E-state index contributed by atoms with van der Waals surface area (Å²) >= 11 is 0. The molecule has 1 aromatic carbocycles. The maximum atomic E-state index is 11.6. The topological polar surface area (TPSA) is 46.5 Å². The fourth-order valence-electron chi connectivity index (χ4n) is 1.90. The van der Waals surface area contributed by atoms with Crippen LogP contribution in [0.25, 0.3) is 0 Å². The number of hydrogen-bond donors (Lipinski definition) is 1. The lowest BCUT2D eigenvalue weighted by Gasteiger charge is -2.23. The van der Waals surface area contributed by atoms with Crippen molar-refractivity contribution in [1.82, 2.24) is 0 Å². The summed E-state index contributed by atoms with van der Waals surface area (Å²) in [6, 6.07) is 9.89. The molecular formula is C15H16O3. The van der Waals surface area contributed by atoms with Crippen molar-refractivity contribution < 1.29 is 14.6 Å². The molecule has 1 aliphatic rings. The summed E-state index contributed by atoms with van der Waals surface area (Å²) < 4.78 is 4.83. The Bertz CT molecular complexity index is 460. The van der Waals surface area contributed by atoms with Gasteiger partial charge in [-0.05, 0) is 24.6 Å². The van der Waals surface area contributed by atoms with E-state index in [0.29, 0.717) is 0 Å². The SMILES string of the molecule is CCOC(=O)C1(O)C=CC(c2ccccc2)C=C1. The van der Waals surface area contributed by atoms with Gasteiger partial charge in [-0.3, -0.25) is 0 Å². The van der Waals surface area contributed by atoms with Crippen molar-refractivity contribution in [3.63, 3.8) is 0 Å². The molecule has 3 nitrogen and oxygen atoms in total. The number of esters is 1. The Morgan fingerprint density at radius 3 is 2.44 bits per heavy atom. The van der Waals surface area contributed by atoms with Crippen molar-refractivity contribution in [2.24, 2.45) is 0 Å². The number of carbonyl (C=O) groups excluding carboxylic acids is 1. The van der Waals surface area contributed by atoms with Crippen molar-refractivity contribution in [3.05, 3.63) is 60.2 Å². The number of benzene rings is 1. The van der Waals surface area contributed by atoms with E-state index in [4.69, 9.17) is 4.74 Å². The second-order valence-corrected chi connectivity index (χ2v) is 4.20. The molecule has 94 valence electrons. The summed E-state index contributed by atoms with van der Waals surface area (Å²) in [7, 11) is 0. The molecule has 0 saturated carbocycles. The lowest BCUT2D eigenvalue weighted by Crippen LogP contribution is -2.37. The van der Waals surface area contributed by atoms with Gasteiger partial charge in [0.25, 0.3) is 0 Å². The van der Waals surface area contributed by atoms with Gasteiger partial charge in [0, 0.05) is 5.92 Å². The summed E-state index contributed by atoms with van der Waals surface area (Å²) in [5.41, 5.74) is -0.503. The van der Waals surface area contributed by atoms with E-state index in [-0.39, 0.29) is 12.5 Å². The molecule has 2 rings (SSSR count). The fraction of sp³-hybridized carbons (Fsp3) is 0.267. The maximum Gasteiger partial charge on any atom is 0.346 e. The van der Waals surface area contributed by atoms with Gasteiger partial charge in [0.15, 0.2) is 5.60 Å². The Balaban J connectivity index is 2.14. The van der Waals surface area contributed by atoms with Crippen LogP contribution in [0.4, 0.5) is 0 Å². The third-order valence-corrected chi connectivity index (χ3v) is 2.90. The Morgan fingerprint density at radius 2 is 1.89 bits per heavy atom. The quantitative estimate of drug-likeness (QED) is 0.655. The van der Waals surface area contributed by atoms with Crippen LogP contribution in [-0.4, -0.2) is 23.3 Å². The van der Waals surface area contributed by atoms with Crippen molar-refractivity contribution in [2.75, 3.05) is 6.61 Å². The second kappa shape index (κ2) is 5.19. The van der Waals surface area contributed by atoms with Crippen LogP contribution in [0.5, 0.6) is 0 Å². The minimum absolute atomic E-state index is 0.0842. The van der Waals surface area contributed by atoms with Gasteiger partial charge in [-0.2, -0.15) is 0 Å². The minimum atomic E-state index is -1.62. The van der Waals surface area contributed by atoms with Crippen LogP contribution in [0.1, 0.15) is 18.4 Å². The first-order valence-electron chi connectivity index (χ1n) is 5.99. The predicted octanol–water partition coefficient (Wildman–Crippen LogP) is 2.19. The molecule has 0 spiro atoms. The Labute approximate surface area is 106 Å². The van der Waals surface area contributed by atoms with Crippen LogP contribution in [-0.2, 0) is 9.53 Å². The first-order chi connectivity index (χ1) is 8.65. The summed E-state index contributed by atoms with van der Waals surface area (Å²) in [5.74, 6) is -0.551. The number of rotatable bonds is 3. The van der Waals surface area contributed by atoms with Crippen molar-refractivity contribution in [2.45, 2.75) is 18.4 Å². The maximum absolute atomic E-state index is 11.6. The van der Waals surface area contributed by atoms with Crippen molar-refractivity contribution in [3.8, 4) is 0 Å². The summed E-state index contributed by atoms with van der Waals surface area (Å²) in [4.78, 5) is 11.6. The van der Waals surface area contributed by atoms with Gasteiger partial charge in [-0.15, -0.1) is 0 Å². The summed E-state index contributed by atoms with van der Waals surface area (Å²) in [6.07, 6.45) is 6.60. The van der Waals surface area contributed by atoms with E-state index in [1.54, 1.807) is 6.92 Å². The monoisotopic (exact) mass is 244 g/mol. The van der Waals surface area contributed by atoms with Crippen molar-refractivity contribution in [1.29, 1.82) is 0 Å². The molecule has 1 N–H and O–H groups in total. The Hall–Kier alpha value is -1.87. The van der Waals surface area contributed by atoms with E-state index in [0.717, 1.165) is 5.56 Å². The number of hydrogen-bond acceptors (Lipinski definition) is 3. The molecule has 0 aliphatic heterocycles. The number of carbonyl (C=O) groups is 1. The van der Waals surface area contributed by atoms with Gasteiger partial charge < -0.3 is 9.84 Å². The zero-order valence-electron chi connectivity index (χ0n) is 10.2. The highest BCUT2D eigenvalue weighted by Gasteiger charge is 2.34. The molecule has 0 bridgehead atoms. The van der Waals surface area contributed by atoms with Gasteiger partial charge in [-0.25, -0.2) is 4.79 Å². The van der Waals surface area contributed by atoms with Gasteiger partial charge in [0.1, 0.15) is 0 Å². The summed E-state index contributed by atoms with van der Waals surface area (Å²) in [6.45, 7) is 1.97. The highest BCUT2D eigenvalue weighted by Crippen LogP contribution is 2.27. The molecule has 3 heteroatoms. The highest BCUT2D eigenvalue weighted by molar-refractivity contribution is 5.84. The van der Waals surface area contributed by atoms with Crippen molar-refractivity contribution >= 4 is 5.97 Å². The van der Waals surface area contributed by atoms with Crippen LogP contribution < -0.4 is 0 Å². The molecule has 0 aromatic heterocycles. The molecule has 18 heavy (non-hydrogen) atoms. The van der Waals surface area contributed by atoms with Gasteiger partial charge >= 0.3 is 5.97 Å². The molecule has 0 atom stereocenters. The Kier molecular flexibility index (Phi) is 3.63. The van der Waals surface area contributed by atoms with E-state index >= 15 is 0 Å². The third kappa shape index (κ3) is 2.51. The molecule has 0 unspecified atom stereocenters. The first kappa shape index (κ1) is 12.6. The molecular weight excluding hydrogens is 228 g/mol. The summed E-state index contributed by atoms with van der Waals surface area (Å²) in [5, 5.41) is 10.1. The number of aliphatic hydroxyl groups is 1. The van der Waals surface area contributed by atoms with E-state index in [9.17, 15) is 9.90 Å². The third-order valence-electron chi connectivity index (χ3n) is 2.90. The lowest BCUT2D eigenvalue weighted by molar-refractivity contribution is -0.156. The second-order valence-electron chi connectivity index (χ2n) is 4.20. The van der Waals surface area contributed by atoms with Gasteiger partial charge in [0.2, 0.25) is 0 Å². The van der Waals surface area contributed by atoms with Gasteiger partial charge in [-0.1, -0.05) is 42.5 Å². The molecule has 0 amide bonds. The predicted molar refractivity (Wildman–Crippen MR) is 69.0 cm³/mol. The normalized spacial score (nSPS) is 26.0. The number of ether oxygens (including phenoxy) is 1. The van der Waals surface area contributed by atoms with E-state index < -0.39 is 11.6 Å². The smallest absolute Gasteiger partial charge is 0.346 e. The lowest BCUT2D eigenvalue weighted by atomic mass is 9.88. The van der Waals surface area contributed by atoms with Crippen LogP contribution in [0.15, 0.2) is 54.6 Å². The number of allylic oxidation sites excluding steroid dienone is 2. The van der Waals surface area contributed by atoms with Crippen LogP contribution in [0, 0.1) is 0 Å². The zero-order valence-corrected chi connectivity index (χ0v) is 10.2. The molecule has 1 aliphatic carbocycles. The largest absolute Gasteiger partial charge is 0.463 e. The highest BCUT2D eigenvalue weighted by atomic mass is 16.5. The fourth-order valence-corrected chi connectivity index (χ4v) is 1.90. The molecule has 0 saturated heterocycles.